The third-order valence-corrected chi connectivity index (χ3v) is 6.03. The molecule has 1 aliphatic rings. The molecule has 0 fully saturated rings. The maximum Gasteiger partial charge on any atom is 0.301 e. The number of hydrogen-bond acceptors (Lipinski definition) is 2. The molecule has 2 nitrogen and oxygen atoms in total. The molecule has 0 aliphatic heterocycles. The van der Waals surface area contributed by atoms with Crippen LogP contribution in [0.15, 0.2) is 48.5 Å². The van der Waals surface area contributed by atoms with Gasteiger partial charge in [0.2, 0.25) is 0 Å². The molecule has 1 unspecified atom stereocenters. The predicted octanol–water partition coefficient (Wildman–Crippen LogP) is 4.83. The van der Waals surface area contributed by atoms with Gasteiger partial charge in [0.1, 0.15) is 5.66 Å². The summed E-state index contributed by atoms with van der Waals surface area (Å²) in [6.45, 7) is -3.21. The lowest BCUT2D eigenvalue weighted by molar-refractivity contribution is 0.403. The van der Waals surface area contributed by atoms with Gasteiger partial charge in [0.15, 0.2) is 0 Å². The average Bonchev–Trinajstić information content (AvgIpc) is 2.74. The Hall–Kier alpha value is -1.08. The van der Waals surface area contributed by atoms with Crippen molar-refractivity contribution in [3.8, 4) is 11.1 Å². The smallest absolute Gasteiger partial charge is 0.301 e. The zero-order valence-electron chi connectivity index (χ0n) is 9.84. The van der Waals surface area contributed by atoms with E-state index in [1.807, 2.05) is 48.5 Å². The molecular formula is C14H12ClO2P. The van der Waals surface area contributed by atoms with Crippen molar-refractivity contribution in [3.63, 3.8) is 0 Å². The zero-order chi connectivity index (χ0) is 12.8. The van der Waals surface area contributed by atoms with Crippen molar-refractivity contribution in [2.45, 2.75) is 5.66 Å². The van der Waals surface area contributed by atoms with Gasteiger partial charge < -0.3 is 4.52 Å². The molecular weight excluding hydrogens is 267 g/mol. The van der Waals surface area contributed by atoms with Gasteiger partial charge in [-0.1, -0.05) is 48.5 Å². The Kier molecular flexibility index (Phi) is 2.82. The van der Waals surface area contributed by atoms with Gasteiger partial charge in [-0.15, -0.1) is 0 Å². The molecule has 2 aromatic carbocycles. The fourth-order valence-electron chi connectivity index (χ4n) is 2.57. The van der Waals surface area contributed by atoms with Crippen LogP contribution in [0.25, 0.3) is 11.1 Å². The van der Waals surface area contributed by atoms with E-state index in [1.165, 1.54) is 7.11 Å². The topological polar surface area (TPSA) is 26.3 Å². The molecule has 2 aromatic rings. The molecule has 0 N–H and O–H groups in total. The summed E-state index contributed by atoms with van der Waals surface area (Å²) in [5.41, 5.74) is 3.79. The van der Waals surface area contributed by atoms with Gasteiger partial charge >= 0.3 is 6.72 Å². The number of fused-ring (bicyclic) bond motifs is 3. The molecule has 92 valence electrons. The van der Waals surface area contributed by atoms with Gasteiger partial charge in [-0.05, 0) is 33.5 Å². The SMILES string of the molecule is COP(=O)(Cl)C1c2ccccc2-c2ccccc21. The Labute approximate surface area is 111 Å². The van der Waals surface area contributed by atoms with Gasteiger partial charge in [0.25, 0.3) is 0 Å². The van der Waals surface area contributed by atoms with E-state index < -0.39 is 6.72 Å². The Bertz CT molecular complexity index is 608. The van der Waals surface area contributed by atoms with E-state index in [9.17, 15) is 4.57 Å². The van der Waals surface area contributed by atoms with Crippen LogP contribution in [-0.4, -0.2) is 7.11 Å². The monoisotopic (exact) mass is 278 g/mol. The molecule has 3 rings (SSSR count). The van der Waals surface area contributed by atoms with Crippen molar-refractivity contribution in [1.29, 1.82) is 0 Å². The van der Waals surface area contributed by atoms with Crippen molar-refractivity contribution in [3.05, 3.63) is 59.7 Å². The number of rotatable bonds is 2. The third kappa shape index (κ3) is 1.65. The largest absolute Gasteiger partial charge is 0.320 e. The van der Waals surface area contributed by atoms with E-state index in [-0.39, 0.29) is 5.66 Å². The minimum Gasteiger partial charge on any atom is -0.320 e. The van der Waals surface area contributed by atoms with Crippen molar-refractivity contribution in [2.24, 2.45) is 0 Å². The molecule has 0 aromatic heterocycles. The third-order valence-electron chi connectivity index (χ3n) is 3.36. The summed E-state index contributed by atoms with van der Waals surface area (Å²) in [5.74, 6) is 0. The second kappa shape index (κ2) is 4.24. The van der Waals surface area contributed by atoms with E-state index in [0.717, 1.165) is 22.3 Å². The van der Waals surface area contributed by atoms with Crippen LogP contribution in [0, 0.1) is 0 Å². The molecule has 1 atom stereocenters. The highest BCUT2D eigenvalue weighted by Gasteiger charge is 2.41. The molecule has 0 saturated heterocycles. The first-order valence-electron chi connectivity index (χ1n) is 5.68. The lowest BCUT2D eigenvalue weighted by atomic mass is 10.1. The summed E-state index contributed by atoms with van der Waals surface area (Å²) >= 11 is 6.12. The number of benzene rings is 2. The summed E-state index contributed by atoms with van der Waals surface area (Å²) in [6, 6.07) is 15.8. The van der Waals surface area contributed by atoms with Gasteiger partial charge in [0, 0.05) is 7.11 Å². The van der Waals surface area contributed by atoms with Crippen LogP contribution in [0.4, 0.5) is 0 Å². The fourth-order valence-corrected chi connectivity index (χ4v) is 4.52. The molecule has 0 heterocycles. The summed E-state index contributed by atoms with van der Waals surface area (Å²) in [6.07, 6.45) is 0. The van der Waals surface area contributed by atoms with Crippen LogP contribution in [0.1, 0.15) is 16.8 Å². The highest BCUT2D eigenvalue weighted by atomic mass is 35.7. The molecule has 0 radical (unpaired) electrons. The molecule has 0 bridgehead atoms. The van der Waals surface area contributed by atoms with Gasteiger partial charge in [0.05, 0.1) is 0 Å². The molecule has 1 aliphatic carbocycles. The fraction of sp³-hybridized carbons (Fsp3) is 0.143. The van der Waals surface area contributed by atoms with Crippen LogP contribution in [0.2, 0.25) is 0 Å². The van der Waals surface area contributed by atoms with E-state index in [4.69, 9.17) is 15.8 Å². The summed E-state index contributed by atoms with van der Waals surface area (Å²) in [5, 5.41) is 0. The van der Waals surface area contributed by atoms with Crippen molar-refractivity contribution >= 4 is 18.0 Å². The summed E-state index contributed by atoms with van der Waals surface area (Å²) < 4.78 is 17.5. The number of halogens is 1. The molecule has 0 amide bonds. The van der Waals surface area contributed by atoms with Crippen LogP contribution in [0.3, 0.4) is 0 Å². The Balaban J connectivity index is 2.31. The van der Waals surface area contributed by atoms with Crippen molar-refractivity contribution < 1.29 is 9.09 Å². The van der Waals surface area contributed by atoms with Crippen LogP contribution >= 0.6 is 18.0 Å². The number of hydrogen-bond donors (Lipinski definition) is 0. The lowest BCUT2D eigenvalue weighted by Gasteiger charge is -2.18. The molecule has 18 heavy (non-hydrogen) atoms. The average molecular weight is 279 g/mol. The Morgan fingerprint density at radius 3 is 1.89 bits per heavy atom. The molecule has 0 saturated carbocycles. The van der Waals surface area contributed by atoms with Crippen LogP contribution in [-0.2, 0) is 9.09 Å². The lowest BCUT2D eigenvalue weighted by Crippen LogP contribution is -1.96. The van der Waals surface area contributed by atoms with Crippen LogP contribution in [0.5, 0.6) is 0 Å². The van der Waals surface area contributed by atoms with Gasteiger partial charge in [-0.25, -0.2) is 0 Å². The molecule has 4 heteroatoms. The summed E-state index contributed by atoms with van der Waals surface area (Å²) in [4.78, 5) is 0. The predicted molar refractivity (Wildman–Crippen MR) is 74.2 cm³/mol. The van der Waals surface area contributed by atoms with E-state index >= 15 is 0 Å². The first kappa shape index (κ1) is 12.0. The Morgan fingerprint density at radius 2 is 1.44 bits per heavy atom. The van der Waals surface area contributed by atoms with E-state index in [0.29, 0.717) is 0 Å². The minimum atomic E-state index is -3.21. The van der Waals surface area contributed by atoms with Crippen molar-refractivity contribution in [1.82, 2.24) is 0 Å². The maximum atomic E-state index is 12.5. The Morgan fingerprint density at radius 1 is 1.00 bits per heavy atom. The first-order chi connectivity index (χ1) is 8.65. The highest BCUT2D eigenvalue weighted by Crippen LogP contribution is 2.70. The maximum absolute atomic E-state index is 12.5. The standard InChI is InChI=1S/C14H12ClO2P/c1-17-18(15,16)14-12-8-4-2-6-10(12)11-7-3-5-9-13(11)14/h2-9,14H,1H3. The van der Waals surface area contributed by atoms with E-state index in [2.05, 4.69) is 0 Å². The second-order valence-electron chi connectivity index (χ2n) is 4.28. The van der Waals surface area contributed by atoms with Gasteiger partial charge in [-0.2, -0.15) is 0 Å². The molecule has 0 spiro atoms. The quantitative estimate of drug-likeness (QED) is 0.735. The second-order valence-corrected chi connectivity index (χ2v) is 7.62. The van der Waals surface area contributed by atoms with E-state index in [1.54, 1.807) is 0 Å². The zero-order valence-corrected chi connectivity index (χ0v) is 11.5. The van der Waals surface area contributed by atoms with Crippen LogP contribution < -0.4 is 0 Å². The highest BCUT2D eigenvalue weighted by molar-refractivity contribution is 7.85. The normalized spacial score (nSPS) is 17.0. The van der Waals surface area contributed by atoms with Crippen molar-refractivity contribution in [2.75, 3.05) is 7.11 Å². The van der Waals surface area contributed by atoms with Gasteiger partial charge in [-0.3, -0.25) is 4.57 Å². The minimum absolute atomic E-state index is 0.364. The first-order valence-corrected chi connectivity index (χ1v) is 8.28. The summed E-state index contributed by atoms with van der Waals surface area (Å²) in [7, 11) is 1.40.